The summed E-state index contributed by atoms with van der Waals surface area (Å²) in [6, 6.07) is 5.54. The molecular formula is C15H18BrNO4. The van der Waals surface area contributed by atoms with E-state index >= 15 is 0 Å². The quantitative estimate of drug-likeness (QED) is 0.851. The first-order valence-electron chi connectivity index (χ1n) is 6.88. The van der Waals surface area contributed by atoms with E-state index in [1.165, 1.54) is 0 Å². The molecule has 1 heterocycles. The minimum absolute atomic E-state index is 0.0830. The summed E-state index contributed by atoms with van der Waals surface area (Å²) in [5.41, 5.74) is 1.65. The third-order valence-electron chi connectivity index (χ3n) is 3.60. The van der Waals surface area contributed by atoms with Crippen LogP contribution in [0.15, 0.2) is 22.7 Å². The molecule has 0 bridgehead atoms. The number of amides is 1. The number of aliphatic carboxylic acids is 1. The molecular weight excluding hydrogens is 338 g/mol. The lowest BCUT2D eigenvalue weighted by molar-refractivity contribution is -0.148. The van der Waals surface area contributed by atoms with Crippen molar-refractivity contribution in [1.29, 1.82) is 0 Å². The molecule has 2 rings (SSSR count). The summed E-state index contributed by atoms with van der Waals surface area (Å²) in [5, 5.41) is 12.0. The van der Waals surface area contributed by atoms with Crippen molar-refractivity contribution in [2.75, 3.05) is 11.9 Å². The number of rotatable bonds is 5. The standard InChI is InChI=1S/C15H18BrNO4/c1-9-4-2-5-11(14(9)16)17-13(18)8-10(15(19)20)12-6-3-7-21-12/h2,4-5,10,12H,3,6-8H2,1H3,(H,17,18)(H,19,20). The number of ether oxygens (including phenoxy) is 1. The predicted octanol–water partition coefficient (Wildman–Crippen LogP) is 2.97. The van der Waals surface area contributed by atoms with Gasteiger partial charge in [-0.05, 0) is 47.3 Å². The second-order valence-electron chi connectivity index (χ2n) is 5.18. The molecule has 0 saturated carbocycles. The molecule has 1 aliphatic rings. The topological polar surface area (TPSA) is 75.6 Å². The average Bonchev–Trinajstić information content (AvgIpc) is 2.95. The zero-order chi connectivity index (χ0) is 15.4. The fraction of sp³-hybridized carbons (Fsp3) is 0.467. The van der Waals surface area contributed by atoms with Crippen LogP contribution >= 0.6 is 15.9 Å². The van der Waals surface area contributed by atoms with E-state index in [0.717, 1.165) is 16.5 Å². The number of carbonyl (C=O) groups is 2. The molecule has 0 radical (unpaired) electrons. The maximum absolute atomic E-state index is 12.1. The van der Waals surface area contributed by atoms with Gasteiger partial charge in [0, 0.05) is 17.5 Å². The summed E-state index contributed by atoms with van der Waals surface area (Å²) in [6.07, 6.45) is 1.09. The molecule has 2 N–H and O–H groups in total. The normalized spacial score (nSPS) is 19.2. The summed E-state index contributed by atoms with van der Waals surface area (Å²) in [7, 11) is 0. The fourth-order valence-electron chi connectivity index (χ4n) is 2.44. The highest BCUT2D eigenvalue weighted by molar-refractivity contribution is 9.10. The first-order chi connectivity index (χ1) is 9.99. The van der Waals surface area contributed by atoms with Crippen molar-refractivity contribution in [3.05, 3.63) is 28.2 Å². The number of aryl methyl sites for hydroxylation is 1. The fourth-order valence-corrected chi connectivity index (χ4v) is 2.81. The molecule has 1 aromatic rings. The lowest BCUT2D eigenvalue weighted by atomic mass is 9.96. The van der Waals surface area contributed by atoms with Gasteiger partial charge in [-0.3, -0.25) is 9.59 Å². The molecule has 1 aliphatic heterocycles. The Kier molecular flexibility index (Phi) is 5.36. The molecule has 0 aliphatic carbocycles. The highest BCUT2D eigenvalue weighted by Gasteiger charge is 2.33. The molecule has 1 amide bonds. The van der Waals surface area contributed by atoms with Gasteiger partial charge in [0.1, 0.15) is 0 Å². The smallest absolute Gasteiger partial charge is 0.309 e. The average molecular weight is 356 g/mol. The molecule has 2 atom stereocenters. The zero-order valence-corrected chi connectivity index (χ0v) is 13.4. The summed E-state index contributed by atoms with van der Waals surface area (Å²) >= 11 is 3.41. The first-order valence-corrected chi connectivity index (χ1v) is 7.67. The van der Waals surface area contributed by atoms with Gasteiger partial charge in [-0.1, -0.05) is 12.1 Å². The maximum Gasteiger partial charge on any atom is 0.309 e. The van der Waals surface area contributed by atoms with Gasteiger partial charge in [-0.2, -0.15) is 0 Å². The summed E-state index contributed by atoms with van der Waals surface area (Å²) in [4.78, 5) is 23.4. The Balaban J connectivity index is 2.02. The van der Waals surface area contributed by atoms with Crippen LogP contribution in [0.25, 0.3) is 0 Å². The Hall–Kier alpha value is -1.40. The molecule has 2 unspecified atom stereocenters. The van der Waals surface area contributed by atoms with Crippen molar-refractivity contribution in [2.24, 2.45) is 5.92 Å². The number of hydrogen-bond acceptors (Lipinski definition) is 3. The lowest BCUT2D eigenvalue weighted by Crippen LogP contribution is -2.31. The molecule has 114 valence electrons. The second-order valence-corrected chi connectivity index (χ2v) is 5.98. The Morgan fingerprint density at radius 1 is 1.52 bits per heavy atom. The maximum atomic E-state index is 12.1. The van der Waals surface area contributed by atoms with Gasteiger partial charge >= 0.3 is 5.97 Å². The van der Waals surface area contributed by atoms with Gasteiger partial charge in [0.2, 0.25) is 5.91 Å². The molecule has 6 heteroatoms. The van der Waals surface area contributed by atoms with E-state index in [2.05, 4.69) is 21.2 Å². The van der Waals surface area contributed by atoms with E-state index in [9.17, 15) is 14.7 Å². The third kappa shape index (κ3) is 4.04. The van der Waals surface area contributed by atoms with Crippen LogP contribution in [0, 0.1) is 12.8 Å². The van der Waals surface area contributed by atoms with E-state index < -0.39 is 11.9 Å². The monoisotopic (exact) mass is 355 g/mol. The van der Waals surface area contributed by atoms with Crippen LogP contribution in [0.2, 0.25) is 0 Å². The minimum atomic E-state index is -0.986. The lowest BCUT2D eigenvalue weighted by Gasteiger charge is -2.18. The predicted molar refractivity (Wildman–Crippen MR) is 82.2 cm³/mol. The van der Waals surface area contributed by atoms with E-state index in [1.54, 1.807) is 6.07 Å². The number of carbonyl (C=O) groups excluding carboxylic acids is 1. The van der Waals surface area contributed by atoms with E-state index in [1.807, 2.05) is 19.1 Å². The van der Waals surface area contributed by atoms with Crippen LogP contribution in [-0.4, -0.2) is 29.7 Å². The number of halogens is 1. The van der Waals surface area contributed by atoms with Crippen molar-refractivity contribution >= 4 is 33.5 Å². The molecule has 1 fully saturated rings. The van der Waals surface area contributed by atoms with Crippen LogP contribution in [0.5, 0.6) is 0 Å². The number of carboxylic acids is 1. The van der Waals surface area contributed by atoms with Gasteiger partial charge in [0.05, 0.1) is 17.7 Å². The van der Waals surface area contributed by atoms with Crippen molar-refractivity contribution in [1.82, 2.24) is 0 Å². The minimum Gasteiger partial charge on any atom is -0.481 e. The van der Waals surface area contributed by atoms with Gasteiger partial charge in [-0.15, -0.1) is 0 Å². The zero-order valence-electron chi connectivity index (χ0n) is 11.8. The van der Waals surface area contributed by atoms with E-state index in [0.29, 0.717) is 18.7 Å². The summed E-state index contributed by atoms with van der Waals surface area (Å²) < 4.78 is 6.21. The molecule has 1 saturated heterocycles. The van der Waals surface area contributed by atoms with Crippen molar-refractivity contribution in [3.8, 4) is 0 Å². The van der Waals surface area contributed by atoms with E-state index in [-0.39, 0.29) is 18.4 Å². The number of anilines is 1. The van der Waals surface area contributed by atoms with Crippen LogP contribution < -0.4 is 5.32 Å². The van der Waals surface area contributed by atoms with Crippen molar-refractivity contribution in [3.63, 3.8) is 0 Å². The SMILES string of the molecule is Cc1cccc(NC(=O)CC(C(=O)O)C2CCCO2)c1Br. The van der Waals surface area contributed by atoms with E-state index in [4.69, 9.17) is 4.74 Å². The van der Waals surface area contributed by atoms with Crippen molar-refractivity contribution < 1.29 is 19.4 Å². The molecule has 0 aromatic heterocycles. The number of benzene rings is 1. The Morgan fingerprint density at radius 2 is 2.29 bits per heavy atom. The number of hydrogen-bond donors (Lipinski definition) is 2. The number of carboxylic acid groups (broad SMARTS) is 1. The molecule has 1 aromatic carbocycles. The molecule has 0 spiro atoms. The van der Waals surface area contributed by atoms with Crippen LogP contribution in [0.4, 0.5) is 5.69 Å². The first kappa shape index (κ1) is 16.0. The largest absolute Gasteiger partial charge is 0.481 e. The highest BCUT2D eigenvalue weighted by Crippen LogP contribution is 2.27. The van der Waals surface area contributed by atoms with Crippen molar-refractivity contribution in [2.45, 2.75) is 32.3 Å². The summed E-state index contributed by atoms with van der Waals surface area (Å²) in [6.45, 7) is 2.49. The van der Waals surface area contributed by atoms with Crippen LogP contribution in [0.1, 0.15) is 24.8 Å². The summed E-state index contributed by atoms with van der Waals surface area (Å²) in [5.74, 6) is -2.10. The number of nitrogens with one attached hydrogen (secondary N) is 1. The van der Waals surface area contributed by atoms with Crippen LogP contribution in [-0.2, 0) is 14.3 Å². The van der Waals surface area contributed by atoms with Gasteiger partial charge < -0.3 is 15.2 Å². The Morgan fingerprint density at radius 3 is 2.90 bits per heavy atom. The van der Waals surface area contributed by atoms with Crippen LogP contribution in [0.3, 0.4) is 0 Å². The second kappa shape index (κ2) is 7.04. The highest BCUT2D eigenvalue weighted by atomic mass is 79.9. The van der Waals surface area contributed by atoms with Gasteiger partial charge in [0.15, 0.2) is 0 Å². The molecule has 5 nitrogen and oxygen atoms in total. The Bertz CT molecular complexity index is 540. The third-order valence-corrected chi connectivity index (χ3v) is 4.65. The van der Waals surface area contributed by atoms with Gasteiger partial charge in [-0.25, -0.2) is 0 Å². The Labute approximate surface area is 131 Å². The molecule has 21 heavy (non-hydrogen) atoms. The van der Waals surface area contributed by atoms with Gasteiger partial charge in [0.25, 0.3) is 0 Å².